The maximum Gasteiger partial charge on any atom is 0.251 e. The zero-order valence-electron chi connectivity index (χ0n) is 15.5. The molecule has 0 bridgehead atoms. The molecule has 0 spiro atoms. The van der Waals surface area contributed by atoms with Gasteiger partial charge in [-0.3, -0.25) is 14.4 Å². The van der Waals surface area contributed by atoms with Crippen LogP contribution < -0.4 is 16.0 Å². The third-order valence-electron chi connectivity index (χ3n) is 4.43. The number of carbonyl (C=O) groups excluding carboxylic acids is 3. The molecule has 3 N–H and O–H groups in total. The Hall–Kier alpha value is -3.15. The van der Waals surface area contributed by atoms with E-state index >= 15 is 0 Å². The number of benzene rings is 2. The van der Waals surface area contributed by atoms with Crippen LogP contribution in [0, 0.1) is 5.92 Å². The predicted octanol–water partition coefficient (Wildman–Crippen LogP) is 3.10. The van der Waals surface area contributed by atoms with Crippen molar-refractivity contribution in [2.75, 3.05) is 10.6 Å². The van der Waals surface area contributed by atoms with Gasteiger partial charge in [-0.1, -0.05) is 26.0 Å². The molecule has 6 nitrogen and oxygen atoms in total. The second-order valence-electron chi connectivity index (χ2n) is 6.95. The second kappa shape index (κ2) is 8.03. The lowest BCUT2D eigenvalue weighted by Gasteiger charge is -2.17. The fourth-order valence-electron chi connectivity index (χ4n) is 2.85. The standard InChI is InChI=1S/C21H23N3O3/c1-13(2)20(26)23-17-5-3-4-14(10-17)12-22-21(27)16-6-8-18-15(11-16)7-9-19(25)24-18/h3-6,8,10-11,13H,7,9,12H2,1-2H3,(H,22,27)(H,23,26)(H,24,25). The van der Waals surface area contributed by atoms with Crippen molar-refractivity contribution >= 4 is 29.1 Å². The average molecular weight is 365 g/mol. The van der Waals surface area contributed by atoms with Gasteiger partial charge in [-0.25, -0.2) is 0 Å². The van der Waals surface area contributed by atoms with Gasteiger partial charge in [-0.2, -0.15) is 0 Å². The van der Waals surface area contributed by atoms with Gasteiger partial charge in [-0.05, 0) is 47.9 Å². The lowest BCUT2D eigenvalue weighted by molar-refractivity contribution is -0.119. The molecule has 1 heterocycles. The topological polar surface area (TPSA) is 87.3 Å². The van der Waals surface area contributed by atoms with Gasteiger partial charge in [0.05, 0.1) is 0 Å². The molecular formula is C21H23N3O3. The maximum absolute atomic E-state index is 12.5. The van der Waals surface area contributed by atoms with Crippen LogP contribution in [0.1, 0.15) is 41.8 Å². The van der Waals surface area contributed by atoms with E-state index in [1.165, 1.54) is 0 Å². The van der Waals surface area contributed by atoms with Gasteiger partial charge in [-0.15, -0.1) is 0 Å². The molecule has 2 aromatic carbocycles. The van der Waals surface area contributed by atoms with Gasteiger partial charge < -0.3 is 16.0 Å². The van der Waals surface area contributed by atoms with Crippen LogP contribution in [-0.4, -0.2) is 17.7 Å². The van der Waals surface area contributed by atoms with Crippen LogP contribution >= 0.6 is 0 Å². The predicted molar refractivity (Wildman–Crippen MR) is 104 cm³/mol. The first-order chi connectivity index (χ1) is 12.9. The molecule has 3 rings (SSSR count). The second-order valence-corrected chi connectivity index (χ2v) is 6.95. The first-order valence-corrected chi connectivity index (χ1v) is 9.03. The van der Waals surface area contributed by atoms with E-state index in [1.807, 2.05) is 44.2 Å². The number of amides is 3. The van der Waals surface area contributed by atoms with Crippen molar-refractivity contribution in [2.24, 2.45) is 5.92 Å². The zero-order valence-corrected chi connectivity index (χ0v) is 15.5. The summed E-state index contributed by atoms with van der Waals surface area (Å²) in [4.78, 5) is 35.7. The summed E-state index contributed by atoms with van der Waals surface area (Å²) in [6.07, 6.45) is 1.08. The fourth-order valence-corrected chi connectivity index (χ4v) is 2.85. The highest BCUT2D eigenvalue weighted by molar-refractivity contribution is 5.98. The molecule has 0 atom stereocenters. The molecule has 6 heteroatoms. The van der Waals surface area contributed by atoms with Gasteiger partial charge in [0.2, 0.25) is 11.8 Å². The Balaban J connectivity index is 1.62. The summed E-state index contributed by atoms with van der Waals surface area (Å²) in [7, 11) is 0. The van der Waals surface area contributed by atoms with E-state index in [9.17, 15) is 14.4 Å². The van der Waals surface area contributed by atoms with Crippen molar-refractivity contribution in [1.82, 2.24) is 5.32 Å². The molecule has 0 saturated carbocycles. The molecule has 0 aliphatic carbocycles. The normalized spacial score (nSPS) is 12.9. The van der Waals surface area contributed by atoms with Crippen molar-refractivity contribution in [3.05, 3.63) is 59.2 Å². The van der Waals surface area contributed by atoms with Gasteiger partial charge >= 0.3 is 0 Å². The number of nitrogens with one attached hydrogen (secondary N) is 3. The van der Waals surface area contributed by atoms with Crippen molar-refractivity contribution < 1.29 is 14.4 Å². The van der Waals surface area contributed by atoms with Crippen LogP contribution in [-0.2, 0) is 22.6 Å². The lowest BCUT2D eigenvalue weighted by Crippen LogP contribution is -2.24. The minimum absolute atomic E-state index is 0.00383. The highest BCUT2D eigenvalue weighted by atomic mass is 16.2. The Kier molecular flexibility index (Phi) is 5.54. The Bertz CT molecular complexity index is 890. The summed E-state index contributed by atoms with van der Waals surface area (Å²) >= 11 is 0. The molecule has 27 heavy (non-hydrogen) atoms. The summed E-state index contributed by atoms with van der Waals surface area (Å²) in [6, 6.07) is 12.7. The number of hydrogen-bond donors (Lipinski definition) is 3. The number of rotatable bonds is 5. The van der Waals surface area contributed by atoms with Crippen LogP contribution in [0.2, 0.25) is 0 Å². The SMILES string of the molecule is CC(C)C(=O)Nc1cccc(CNC(=O)c2ccc3c(c2)CCC(=O)N3)c1. The molecule has 0 aromatic heterocycles. The first kappa shape index (κ1) is 18.6. The molecule has 140 valence electrons. The largest absolute Gasteiger partial charge is 0.348 e. The maximum atomic E-state index is 12.5. The van der Waals surface area contributed by atoms with Crippen molar-refractivity contribution in [2.45, 2.75) is 33.2 Å². The number of aryl methyl sites for hydroxylation is 1. The number of hydrogen-bond acceptors (Lipinski definition) is 3. The molecule has 1 aliphatic rings. The molecule has 2 aromatic rings. The third-order valence-corrected chi connectivity index (χ3v) is 4.43. The Morgan fingerprint density at radius 1 is 1.11 bits per heavy atom. The quantitative estimate of drug-likeness (QED) is 0.761. The lowest BCUT2D eigenvalue weighted by atomic mass is 10.00. The minimum Gasteiger partial charge on any atom is -0.348 e. The first-order valence-electron chi connectivity index (χ1n) is 9.03. The molecule has 3 amide bonds. The minimum atomic E-state index is -0.175. The van der Waals surface area contributed by atoms with Crippen LogP contribution in [0.15, 0.2) is 42.5 Å². The average Bonchev–Trinajstić information content (AvgIpc) is 2.65. The molecule has 0 radical (unpaired) electrons. The zero-order chi connectivity index (χ0) is 19.4. The Labute approximate surface area is 158 Å². The highest BCUT2D eigenvalue weighted by Gasteiger charge is 2.16. The van der Waals surface area contributed by atoms with Crippen LogP contribution in [0.4, 0.5) is 11.4 Å². The molecular weight excluding hydrogens is 342 g/mol. The molecule has 0 unspecified atom stereocenters. The Morgan fingerprint density at radius 2 is 1.93 bits per heavy atom. The molecule has 1 aliphatic heterocycles. The fraction of sp³-hybridized carbons (Fsp3) is 0.286. The number of carbonyl (C=O) groups is 3. The van der Waals surface area contributed by atoms with Crippen LogP contribution in [0.25, 0.3) is 0 Å². The number of fused-ring (bicyclic) bond motifs is 1. The van der Waals surface area contributed by atoms with E-state index in [-0.39, 0.29) is 23.6 Å². The summed E-state index contributed by atoms with van der Waals surface area (Å²) in [6.45, 7) is 4.03. The molecule has 0 saturated heterocycles. The van der Waals surface area contributed by atoms with Crippen molar-refractivity contribution in [3.8, 4) is 0 Å². The van der Waals surface area contributed by atoms with Crippen molar-refractivity contribution in [1.29, 1.82) is 0 Å². The summed E-state index contributed by atoms with van der Waals surface area (Å²) < 4.78 is 0. The van der Waals surface area contributed by atoms with E-state index < -0.39 is 0 Å². The molecule has 0 fully saturated rings. The number of anilines is 2. The summed E-state index contributed by atoms with van der Waals surface area (Å²) in [5.74, 6) is -0.310. The van der Waals surface area contributed by atoms with E-state index in [0.29, 0.717) is 30.6 Å². The van der Waals surface area contributed by atoms with E-state index in [0.717, 1.165) is 16.8 Å². The van der Waals surface area contributed by atoms with E-state index in [4.69, 9.17) is 0 Å². The van der Waals surface area contributed by atoms with Crippen LogP contribution in [0.5, 0.6) is 0 Å². The van der Waals surface area contributed by atoms with Gasteiger partial charge in [0, 0.05) is 35.8 Å². The van der Waals surface area contributed by atoms with Gasteiger partial charge in [0.15, 0.2) is 0 Å². The van der Waals surface area contributed by atoms with E-state index in [1.54, 1.807) is 12.1 Å². The van der Waals surface area contributed by atoms with Crippen LogP contribution in [0.3, 0.4) is 0 Å². The van der Waals surface area contributed by atoms with Gasteiger partial charge in [0.25, 0.3) is 5.91 Å². The highest BCUT2D eigenvalue weighted by Crippen LogP contribution is 2.23. The Morgan fingerprint density at radius 3 is 2.70 bits per heavy atom. The monoisotopic (exact) mass is 365 g/mol. The third kappa shape index (κ3) is 4.73. The van der Waals surface area contributed by atoms with Crippen molar-refractivity contribution in [3.63, 3.8) is 0 Å². The van der Waals surface area contributed by atoms with E-state index in [2.05, 4.69) is 16.0 Å². The summed E-state index contributed by atoms with van der Waals surface area (Å²) in [5.41, 5.74) is 3.92. The van der Waals surface area contributed by atoms with Gasteiger partial charge in [0.1, 0.15) is 0 Å². The smallest absolute Gasteiger partial charge is 0.251 e. The summed E-state index contributed by atoms with van der Waals surface area (Å²) in [5, 5.41) is 8.56.